The molecular formula is C27H32ClN5O2. The Labute approximate surface area is 211 Å². The van der Waals surface area contributed by atoms with Crippen LogP contribution in [0.15, 0.2) is 59.4 Å². The molecule has 1 aliphatic heterocycles. The Bertz CT molecular complexity index is 1250. The van der Waals surface area contributed by atoms with Crippen LogP contribution in [-0.4, -0.2) is 41.9 Å². The predicted octanol–water partition coefficient (Wildman–Crippen LogP) is 4.90. The van der Waals surface area contributed by atoms with Crippen LogP contribution in [0.4, 0.5) is 17.2 Å². The summed E-state index contributed by atoms with van der Waals surface area (Å²) >= 11 is 6.11. The molecular weight excluding hydrogens is 462 g/mol. The van der Waals surface area contributed by atoms with E-state index in [0.717, 1.165) is 49.4 Å². The van der Waals surface area contributed by atoms with Gasteiger partial charge in [0.1, 0.15) is 5.82 Å². The third kappa shape index (κ3) is 5.68. The number of carbonyl (C=O) groups is 1. The third-order valence-electron chi connectivity index (χ3n) is 6.55. The lowest BCUT2D eigenvalue weighted by molar-refractivity contribution is -0.120. The summed E-state index contributed by atoms with van der Waals surface area (Å²) in [6.07, 6.45) is 1.68. The summed E-state index contributed by atoms with van der Waals surface area (Å²) in [5.41, 5.74) is 3.43. The monoisotopic (exact) mass is 493 g/mol. The average Bonchev–Trinajstić information content (AvgIpc) is 2.86. The zero-order valence-corrected chi connectivity index (χ0v) is 21.3. The Kier molecular flexibility index (Phi) is 7.76. The molecule has 35 heavy (non-hydrogen) atoms. The van der Waals surface area contributed by atoms with Gasteiger partial charge in [-0.15, -0.1) is 5.10 Å². The van der Waals surface area contributed by atoms with Gasteiger partial charge in [0.05, 0.1) is 11.6 Å². The van der Waals surface area contributed by atoms with Gasteiger partial charge in [0.2, 0.25) is 5.91 Å². The van der Waals surface area contributed by atoms with Gasteiger partial charge in [-0.2, -0.15) is 4.68 Å². The number of nitrogens with zero attached hydrogens (tertiary/aromatic N) is 4. The fourth-order valence-corrected chi connectivity index (χ4v) is 4.76. The van der Waals surface area contributed by atoms with Gasteiger partial charge < -0.3 is 15.1 Å². The van der Waals surface area contributed by atoms with Gasteiger partial charge in [-0.3, -0.25) is 9.59 Å². The van der Waals surface area contributed by atoms with Gasteiger partial charge >= 0.3 is 0 Å². The number of rotatable bonds is 7. The molecule has 1 N–H and O–H groups in total. The van der Waals surface area contributed by atoms with Crippen LogP contribution in [0.25, 0.3) is 5.69 Å². The van der Waals surface area contributed by atoms with Crippen LogP contribution in [0.5, 0.6) is 0 Å². The van der Waals surface area contributed by atoms with E-state index in [1.54, 1.807) is 30.3 Å². The van der Waals surface area contributed by atoms with E-state index in [2.05, 4.69) is 46.2 Å². The quantitative estimate of drug-likeness (QED) is 0.507. The molecule has 1 fully saturated rings. The zero-order chi connectivity index (χ0) is 24.9. The van der Waals surface area contributed by atoms with Crippen molar-refractivity contribution in [3.05, 3.63) is 75.5 Å². The standard InChI is InChI=1S/C27H32ClN5O2/c1-4-31(5-2)22-11-12-24(19(3)16-22)29-27(35)20-8-7-15-32(18-20)25-13-14-26(34)33(30-25)23-10-6-9-21(28)17-23/h6,9-14,16-17,20H,4-5,7-8,15,18H2,1-3H3,(H,29,35)/t20-/m0/s1. The lowest BCUT2D eigenvalue weighted by atomic mass is 9.97. The lowest BCUT2D eigenvalue weighted by Crippen LogP contribution is -2.42. The number of anilines is 3. The van der Waals surface area contributed by atoms with Gasteiger partial charge in [0.25, 0.3) is 5.56 Å². The van der Waals surface area contributed by atoms with Crippen molar-refractivity contribution in [3.63, 3.8) is 0 Å². The molecule has 3 aromatic rings. The van der Waals surface area contributed by atoms with Crippen LogP contribution in [0.2, 0.25) is 5.02 Å². The number of halogens is 1. The second kappa shape index (κ2) is 11.0. The smallest absolute Gasteiger partial charge is 0.271 e. The van der Waals surface area contributed by atoms with Crippen LogP contribution >= 0.6 is 11.6 Å². The van der Waals surface area contributed by atoms with Crippen molar-refractivity contribution >= 4 is 34.7 Å². The first-order valence-corrected chi connectivity index (χ1v) is 12.5. The Morgan fingerprint density at radius 1 is 1.14 bits per heavy atom. The Morgan fingerprint density at radius 2 is 1.94 bits per heavy atom. The van der Waals surface area contributed by atoms with Crippen molar-refractivity contribution in [3.8, 4) is 5.69 Å². The summed E-state index contributed by atoms with van der Waals surface area (Å²) in [6.45, 7) is 9.51. The third-order valence-corrected chi connectivity index (χ3v) is 6.79. The summed E-state index contributed by atoms with van der Waals surface area (Å²) in [4.78, 5) is 30.0. The van der Waals surface area contributed by atoms with Gasteiger partial charge in [0, 0.05) is 48.6 Å². The van der Waals surface area contributed by atoms with Gasteiger partial charge in [-0.1, -0.05) is 17.7 Å². The Hall–Kier alpha value is -3.32. The number of carbonyl (C=O) groups excluding carboxylic acids is 1. The topological polar surface area (TPSA) is 70.5 Å². The molecule has 2 heterocycles. The fourth-order valence-electron chi connectivity index (χ4n) is 4.57. The first-order chi connectivity index (χ1) is 16.9. The summed E-state index contributed by atoms with van der Waals surface area (Å²) < 4.78 is 1.35. The maximum absolute atomic E-state index is 13.2. The van der Waals surface area contributed by atoms with E-state index in [9.17, 15) is 9.59 Å². The van der Waals surface area contributed by atoms with Crippen molar-refractivity contribution in [1.82, 2.24) is 9.78 Å². The molecule has 0 saturated carbocycles. The highest BCUT2D eigenvalue weighted by molar-refractivity contribution is 6.30. The zero-order valence-electron chi connectivity index (χ0n) is 20.5. The SMILES string of the molecule is CCN(CC)c1ccc(NC(=O)[C@H]2CCCN(c3ccc(=O)n(-c4cccc(Cl)c4)n3)C2)c(C)c1. The van der Waals surface area contributed by atoms with Gasteiger partial charge in [0.15, 0.2) is 0 Å². The first-order valence-electron chi connectivity index (χ1n) is 12.2. The normalized spacial score (nSPS) is 15.7. The predicted molar refractivity (Wildman–Crippen MR) is 143 cm³/mol. The highest BCUT2D eigenvalue weighted by Crippen LogP contribution is 2.26. The number of nitrogens with one attached hydrogen (secondary N) is 1. The van der Waals surface area contributed by atoms with E-state index in [-0.39, 0.29) is 17.4 Å². The molecule has 1 amide bonds. The minimum Gasteiger partial charge on any atom is -0.372 e. The summed E-state index contributed by atoms with van der Waals surface area (Å²) in [5, 5.41) is 8.25. The largest absolute Gasteiger partial charge is 0.372 e. The lowest BCUT2D eigenvalue weighted by Gasteiger charge is -2.33. The number of piperidine rings is 1. The van der Waals surface area contributed by atoms with E-state index in [0.29, 0.717) is 23.1 Å². The molecule has 184 valence electrons. The molecule has 0 unspecified atom stereocenters. The highest BCUT2D eigenvalue weighted by Gasteiger charge is 2.27. The molecule has 1 saturated heterocycles. The van der Waals surface area contributed by atoms with Crippen LogP contribution in [0, 0.1) is 12.8 Å². The van der Waals surface area contributed by atoms with E-state index >= 15 is 0 Å². The molecule has 0 aliphatic carbocycles. The highest BCUT2D eigenvalue weighted by atomic mass is 35.5. The summed E-state index contributed by atoms with van der Waals surface area (Å²) in [5.74, 6) is 0.511. The van der Waals surface area contributed by atoms with Crippen molar-refractivity contribution in [2.24, 2.45) is 5.92 Å². The maximum atomic E-state index is 13.2. The number of aryl methyl sites for hydroxylation is 1. The summed E-state index contributed by atoms with van der Waals surface area (Å²) in [7, 11) is 0. The number of hydrogen-bond acceptors (Lipinski definition) is 5. The molecule has 2 aromatic carbocycles. The second-order valence-electron chi connectivity index (χ2n) is 8.87. The minimum absolute atomic E-state index is 0.0107. The van der Waals surface area contributed by atoms with Crippen LogP contribution in [-0.2, 0) is 4.79 Å². The molecule has 0 bridgehead atoms. The van der Waals surface area contributed by atoms with Crippen molar-refractivity contribution in [1.29, 1.82) is 0 Å². The molecule has 1 atom stereocenters. The number of aromatic nitrogens is 2. The molecule has 0 radical (unpaired) electrons. The molecule has 7 nitrogen and oxygen atoms in total. The van der Waals surface area contributed by atoms with Gasteiger partial charge in [-0.05, 0) is 81.6 Å². The molecule has 1 aromatic heterocycles. The van der Waals surface area contributed by atoms with Crippen LogP contribution < -0.4 is 20.7 Å². The van der Waals surface area contributed by atoms with Crippen LogP contribution in [0.1, 0.15) is 32.3 Å². The Morgan fingerprint density at radius 3 is 2.66 bits per heavy atom. The fraction of sp³-hybridized carbons (Fsp3) is 0.370. The molecule has 4 rings (SSSR count). The van der Waals surface area contributed by atoms with Crippen molar-refractivity contribution in [2.45, 2.75) is 33.6 Å². The summed E-state index contributed by atoms with van der Waals surface area (Å²) in [6, 6.07) is 16.5. The number of amides is 1. The van der Waals surface area contributed by atoms with Crippen molar-refractivity contribution < 1.29 is 4.79 Å². The molecule has 0 spiro atoms. The molecule has 8 heteroatoms. The number of hydrogen-bond donors (Lipinski definition) is 1. The minimum atomic E-state index is -0.231. The van der Waals surface area contributed by atoms with Crippen molar-refractivity contribution in [2.75, 3.05) is 41.3 Å². The number of benzene rings is 2. The van der Waals surface area contributed by atoms with Gasteiger partial charge in [-0.25, -0.2) is 0 Å². The molecule has 1 aliphatic rings. The van der Waals surface area contributed by atoms with Crippen LogP contribution in [0.3, 0.4) is 0 Å². The van der Waals surface area contributed by atoms with E-state index in [1.807, 2.05) is 13.0 Å². The first kappa shape index (κ1) is 24.8. The van der Waals surface area contributed by atoms with E-state index in [1.165, 1.54) is 10.7 Å². The second-order valence-corrected chi connectivity index (χ2v) is 9.30. The Balaban J connectivity index is 1.48. The maximum Gasteiger partial charge on any atom is 0.271 e. The average molecular weight is 494 g/mol. The van der Waals surface area contributed by atoms with E-state index < -0.39 is 0 Å². The van der Waals surface area contributed by atoms with E-state index in [4.69, 9.17) is 11.6 Å².